The number of aliphatic hydroxyl groups excluding tert-OH is 1. The standard InChI is InChI=1S/C12H18N2O/c1-9-2-3-10(7-14-9)6-13-8-12(15)11-4-5-11/h2-3,7,11-13,15H,4-6,8H2,1H3. The molecule has 3 heteroatoms. The summed E-state index contributed by atoms with van der Waals surface area (Å²) in [6, 6.07) is 4.08. The van der Waals surface area contributed by atoms with Gasteiger partial charge in [-0.2, -0.15) is 0 Å². The van der Waals surface area contributed by atoms with Crippen LogP contribution in [0, 0.1) is 12.8 Å². The topological polar surface area (TPSA) is 45.1 Å². The number of aryl methyl sites for hydroxylation is 1. The number of hydrogen-bond donors (Lipinski definition) is 2. The Bertz CT molecular complexity index is 306. The maximum atomic E-state index is 9.63. The van der Waals surface area contributed by atoms with Crippen LogP contribution in [0.15, 0.2) is 18.3 Å². The number of nitrogens with zero attached hydrogens (tertiary/aromatic N) is 1. The zero-order valence-electron chi connectivity index (χ0n) is 9.11. The number of aliphatic hydroxyl groups is 1. The minimum Gasteiger partial charge on any atom is -0.392 e. The van der Waals surface area contributed by atoms with Crippen molar-refractivity contribution < 1.29 is 5.11 Å². The molecule has 2 rings (SSSR count). The van der Waals surface area contributed by atoms with Gasteiger partial charge in [-0.1, -0.05) is 6.07 Å². The van der Waals surface area contributed by atoms with Gasteiger partial charge in [0.1, 0.15) is 0 Å². The summed E-state index contributed by atoms with van der Waals surface area (Å²) < 4.78 is 0. The molecule has 1 aromatic rings. The molecule has 0 aliphatic heterocycles. The Morgan fingerprint density at radius 3 is 2.93 bits per heavy atom. The monoisotopic (exact) mass is 206 g/mol. The van der Waals surface area contributed by atoms with Crippen LogP contribution in [0.4, 0.5) is 0 Å². The van der Waals surface area contributed by atoms with Crippen LogP contribution in [-0.4, -0.2) is 22.7 Å². The third-order valence-electron chi connectivity index (χ3n) is 2.82. The van der Waals surface area contributed by atoms with Crippen molar-refractivity contribution in [2.24, 2.45) is 5.92 Å². The Balaban J connectivity index is 1.70. The highest BCUT2D eigenvalue weighted by atomic mass is 16.3. The number of aromatic nitrogens is 1. The molecule has 0 bridgehead atoms. The van der Waals surface area contributed by atoms with Crippen molar-refractivity contribution in [3.63, 3.8) is 0 Å². The predicted molar refractivity (Wildman–Crippen MR) is 59.4 cm³/mol. The van der Waals surface area contributed by atoms with Crippen LogP contribution < -0.4 is 5.32 Å². The van der Waals surface area contributed by atoms with Gasteiger partial charge in [-0.25, -0.2) is 0 Å². The van der Waals surface area contributed by atoms with Crippen LogP contribution in [-0.2, 0) is 6.54 Å². The van der Waals surface area contributed by atoms with Crippen molar-refractivity contribution in [2.45, 2.75) is 32.4 Å². The summed E-state index contributed by atoms with van der Waals surface area (Å²) in [6.07, 6.45) is 4.10. The van der Waals surface area contributed by atoms with Crippen molar-refractivity contribution in [1.29, 1.82) is 0 Å². The maximum absolute atomic E-state index is 9.63. The molecule has 1 saturated carbocycles. The van der Waals surface area contributed by atoms with Gasteiger partial charge in [0, 0.05) is 25.0 Å². The molecule has 1 fully saturated rings. The smallest absolute Gasteiger partial charge is 0.0692 e. The molecule has 1 aliphatic carbocycles. The highest BCUT2D eigenvalue weighted by molar-refractivity contribution is 5.12. The maximum Gasteiger partial charge on any atom is 0.0692 e. The first-order chi connectivity index (χ1) is 7.25. The highest BCUT2D eigenvalue weighted by Gasteiger charge is 2.28. The first kappa shape index (κ1) is 10.6. The van der Waals surface area contributed by atoms with Gasteiger partial charge < -0.3 is 10.4 Å². The van der Waals surface area contributed by atoms with Crippen LogP contribution in [0.1, 0.15) is 24.1 Å². The predicted octanol–water partition coefficient (Wildman–Crippen LogP) is 1.25. The summed E-state index contributed by atoms with van der Waals surface area (Å²) in [4.78, 5) is 4.22. The lowest BCUT2D eigenvalue weighted by Gasteiger charge is -2.10. The SMILES string of the molecule is Cc1ccc(CNCC(O)C2CC2)cn1. The fourth-order valence-corrected chi connectivity index (χ4v) is 1.62. The molecule has 15 heavy (non-hydrogen) atoms. The van der Waals surface area contributed by atoms with E-state index in [-0.39, 0.29) is 6.10 Å². The second-order valence-electron chi connectivity index (χ2n) is 4.34. The van der Waals surface area contributed by atoms with Crippen molar-refractivity contribution in [2.75, 3.05) is 6.54 Å². The Hall–Kier alpha value is -0.930. The Morgan fingerprint density at radius 1 is 1.53 bits per heavy atom. The fraction of sp³-hybridized carbons (Fsp3) is 0.583. The van der Waals surface area contributed by atoms with E-state index in [1.54, 1.807) is 0 Å². The molecule has 1 heterocycles. The first-order valence-electron chi connectivity index (χ1n) is 5.56. The number of pyridine rings is 1. The molecular weight excluding hydrogens is 188 g/mol. The van der Waals surface area contributed by atoms with Crippen LogP contribution >= 0.6 is 0 Å². The fourth-order valence-electron chi connectivity index (χ4n) is 1.62. The van der Waals surface area contributed by atoms with E-state index >= 15 is 0 Å². The average molecular weight is 206 g/mol. The van der Waals surface area contributed by atoms with Crippen LogP contribution in [0.5, 0.6) is 0 Å². The summed E-state index contributed by atoms with van der Waals surface area (Å²) in [6.45, 7) is 3.46. The number of rotatable bonds is 5. The zero-order chi connectivity index (χ0) is 10.7. The van der Waals surface area contributed by atoms with Gasteiger partial charge in [0.2, 0.25) is 0 Å². The minimum absolute atomic E-state index is 0.164. The molecule has 1 aliphatic rings. The summed E-state index contributed by atoms with van der Waals surface area (Å²) in [5, 5.41) is 12.9. The van der Waals surface area contributed by atoms with Crippen molar-refractivity contribution in [3.05, 3.63) is 29.6 Å². The largest absolute Gasteiger partial charge is 0.392 e. The first-order valence-corrected chi connectivity index (χ1v) is 5.56. The third kappa shape index (κ3) is 3.29. The molecule has 1 atom stereocenters. The molecule has 0 aromatic carbocycles. The van der Waals surface area contributed by atoms with Gasteiger partial charge in [-0.05, 0) is 37.3 Å². The molecule has 2 N–H and O–H groups in total. The van der Waals surface area contributed by atoms with E-state index in [1.807, 2.05) is 19.2 Å². The molecule has 1 aromatic heterocycles. The van der Waals surface area contributed by atoms with Crippen molar-refractivity contribution >= 4 is 0 Å². The molecule has 82 valence electrons. The lowest BCUT2D eigenvalue weighted by atomic mass is 10.2. The van der Waals surface area contributed by atoms with E-state index in [0.717, 1.165) is 12.2 Å². The van der Waals surface area contributed by atoms with E-state index < -0.39 is 0 Å². The lowest BCUT2D eigenvalue weighted by Crippen LogP contribution is -2.27. The van der Waals surface area contributed by atoms with E-state index in [9.17, 15) is 5.11 Å². The summed E-state index contributed by atoms with van der Waals surface area (Å²) in [5.74, 6) is 0.550. The summed E-state index contributed by atoms with van der Waals surface area (Å²) in [7, 11) is 0. The molecule has 0 spiro atoms. The van der Waals surface area contributed by atoms with Gasteiger partial charge in [0.25, 0.3) is 0 Å². The highest BCUT2D eigenvalue weighted by Crippen LogP contribution is 2.32. The molecule has 0 amide bonds. The quantitative estimate of drug-likeness (QED) is 0.762. The summed E-state index contributed by atoms with van der Waals surface area (Å²) in [5.41, 5.74) is 2.21. The van der Waals surface area contributed by atoms with Crippen LogP contribution in [0.2, 0.25) is 0 Å². The number of nitrogens with one attached hydrogen (secondary N) is 1. The average Bonchev–Trinajstić information content (AvgIpc) is 3.04. The van der Waals surface area contributed by atoms with Crippen molar-refractivity contribution in [3.8, 4) is 0 Å². The summed E-state index contributed by atoms with van der Waals surface area (Å²) >= 11 is 0. The lowest BCUT2D eigenvalue weighted by molar-refractivity contribution is 0.148. The van der Waals surface area contributed by atoms with Gasteiger partial charge in [0.15, 0.2) is 0 Å². The van der Waals surface area contributed by atoms with Gasteiger partial charge in [-0.15, -0.1) is 0 Å². The number of hydrogen-bond acceptors (Lipinski definition) is 3. The van der Waals surface area contributed by atoms with Gasteiger partial charge >= 0.3 is 0 Å². The third-order valence-corrected chi connectivity index (χ3v) is 2.82. The molecule has 0 saturated heterocycles. The molecule has 3 nitrogen and oxygen atoms in total. The second-order valence-corrected chi connectivity index (χ2v) is 4.34. The molecule has 0 radical (unpaired) electrons. The van der Waals surface area contributed by atoms with Gasteiger partial charge in [-0.3, -0.25) is 4.98 Å². The minimum atomic E-state index is -0.164. The molecule has 1 unspecified atom stereocenters. The molecular formula is C12H18N2O. The Kier molecular flexibility index (Phi) is 3.34. The Morgan fingerprint density at radius 2 is 2.33 bits per heavy atom. The second kappa shape index (κ2) is 4.73. The van der Waals surface area contributed by atoms with Crippen molar-refractivity contribution in [1.82, 2.24) is 10.3 Å². The van der Waals surface area contributed by atoms with E-state index in [1.165, 1.54) is 18.4 Å². The normalized spacial score (nSPS) is 17.7. The van der Waals surface area contributed by atoms with E-state index in [2.05, 4.69) is 16.4 Å². The van der Waals surface area contributed by atoms with Gasteiger partial charge in [0.05, 0.1) is 6.10 Å². The Labute approximate surface area is 90.5 Å². The van der Waals surface area contributed by atoms with Crippen LogP contribution in [0.3, 0.4) is 0 Å². The zero-order valence-corrected chi connectivity index (χ0v) is 9.11. The van der Waals surface area contributed by atoms with E-state index in [4.69, 9.17) is 0 Å². The van der Waals surface area contributed by atoms with E-state index in [0.29, 0.717) is 12.5 Å². The van der Waals surface area contributed by atoms with Crippen LogP contribution in [0.25, 0.3) is 0 Å².